The topological polar surface area (TPSA) is 36.3 Å². The largest absolute Gasteiger partial charge is 0.307 e. The van der Waals surface area contributed by atoms with Crippen LogP contribution in [-0.2, 0) is 6.54 Å². The first-order valence-electron chi connectivity index (χ1n) is 8.31. The lowest BCUT2D eigenvalue weighted by Gasteiger charge is -2.35. The minimum absolute atomic E-state index is 0.345. The van der Waals surface area contributed by atoms with Crippen LogP contribution in [-0.4, -0.2) is 65.9 Å². The molecule has 0 aliphatic carbocycles. The molecule has 1 saturated heterocycles. The van der Waals surface area contributed by atoms with Crippen LogP contribution in [0.15, 0.2) is 12.3 Å². The van der Waals surface area contributed by atoms with Gasteiger partial charge in [-0.1, -0.05) is 6.92 Å². The Hall–Kier alpha value is -0.910. The summed E-state index contributed by atoms with van der Waals surface area (Å²) in [5, 5.41) is 8.24. The minimum atomic E-state index is 0.345. The first kappa shape index (κ1) is 16.5. The molecule has 2 unspecified atom stereocenters. The molecule has 1 aliphatic heterocycles. The van der Waals surface area contributed by atoms with Gasteiger partial charge in [-0.15, -0.1) is 0 Å². The van der Waals surface area contributed by atoms with Crippen LogP contribution in [0.5, 0.6) is 0 Å². The predicted octanol–water partition coefficient (Wildman–Crippen LogP) is 1.58. The second kappa shape index (κ2) is 7.92. The van der Waals surface area contributed by atoms with Crippen molar-refractivity contribution in [2.75, 3.05) is 40.3 Å². The number of hydrogen-bond donors (Lipinski definition) is 1. The molecule has 0 spiro atoms. The van der Waals surface area contributed by atoms with Gasteiger partial charge in [0, 0.05) is 25.3 Å². The van der Waals surface area contributed by atoms with Crippen molar-refractivity contribution in [3.8, 4) is 0 Å². The van der Waals surface area contributed by atoms with Gasteiger partial charge in [0.2, 0.25) is 0 Å². The van der Waals surface area contributed by atoms with E-state index in [-0.39, 0.29) is 0 Å². The second-order valence-electron chi connectivity index (χ2n) is 6.17. The molecule has 2 heterocycles. The van der Waals surface area contributed by atoms with Gasteiger partial charge in [-0.2, -0.15) is 5.10 Å². The van der Waals surface area contributed by atoms with Crippen molar-refractivity contribution in [3.05, 3.63) is 18.0 Å². The highest BCUT2D eigenvalue weighted by Gasteiger charge is 2.31. The predicted molar refractivity (Wildman–Crippen MR) is 87.5 cm³/mol. The Kier molecular flexibility index (Phi) is 6.21. The maximum absolute atomic E-state index is 4.47. The summed E-state index contributed by atoms with van der Waals surface area (Å²) in [7, 11) is 4.50. The van der Waals surface area contributed by atoms with Gasteiger partial charge in [-0.25, -0.2) is 0 Å². The summed E-state index contributed by atoms with van der Waals surface area (Å²) in [4.78, 5) is 4.98. The molecule has 0 saturated carbocycles. The highest BCUT2D eigenvalue weighted by Crippen LogP contribution is 2.23. The van der Waals surface area contributed by atoms with Gasteiger partial charge in [-0.05, 0) is 59.6 Å². The minimum Gasteiger partial charge on any atom is -0.307 e. The molecule has 0 radical (unpaired) electrons. The molecule has 2 atom stereocenters. The van der Waals surface area contributed by atoms with Crippen LogP contribution in [0.4, 0.5) is 0 Å². The van der Waals surface area contributed by atoms with Crippen molar-refractivity contribution < 1.29 is 0 Å². The lowest BCUT2D eigenvalue weighted by Crippen LogP contribution is -2.47. The van der Waals surface area contributed by atoms with Gasteiger partial charge in [0.15, 0.2) is 0 Å². The third-order valence-electron chi connectivity index (χ3n) is 4.48. The van der Waals surface area contributed by atoms with Crippen LogP contribution in [0.1, 0.15) is 38.4 Å². The maximum atomic E-state index is 4.47. The fraction of sp³-hybridized carbons (Fsp3) is 0.812. The Labute approximate surface area is 129 Å². The third-order valence-corrected chi connectivity index (χ3v) is 4.48. The highest BCUT2D eigenvalue weighted by molar-refractivity contribution is 5.11. The summed E-state index contributed by atoms with van der Waals surface area (Å²) < 4.78 is 2.13. The maximum Gasteiger partial charge on any atom is 0.0662 e. The van der Waals surface area contributed by atoms with E-state index in [0.29, 0.717) is 12.1 Å². The fourth-order valence-corrected chi connectivity index (χ4v) is 3.27. The molecule has 1 fully saturated rings. The molecule has 0 amide bonds. The Morgan fingerprint density at radius 2 is 2.14 bits per heavy atom. The molecule has 0 aromatic carbocycles. The summed E-state index contributed by atoms with van der Waals surface area (Å²) in [6.07, 6.45) is 4.33. The molecule has 21 heavy (non-hydrogen) atoms. The zero-order valence-electron chi connectivity index (χ0n) is 14.0. The number of nitrogens with one attached hydrogen (secondary N) is 1. The highest BCUT2D eigenvalue weighted by atomic mass is 15.3. The normalized spacial score (nSPS) is 23.1. The standard InChI is InChI=1S/C16H31N5/c1-5-9-17-16(14-8-10-18-21(14)6-2)15-13-19(3)11-7-12-20(15)4/h8,10,15-17H,5-7,9,11-13H2,1-4H3. The molecule has 5 nitrogen and oxygen atoms in total. The number of hydrogen-bond acceptors (Lipinski definition) is 4. The van der Waals surface area contributed by atoms with E-state index in [2.05, 4.69) is 58.9 Å². The zero-order chi connectivity index (χ0) is 15.2. The van der Waals surface area contributed by atoms with Crippen molar-refractivity contribution in [3.63, 3.8) is 0 Å². The second-order valence-corrected chi connectivity index (χ2v) is 6.17. The molecule has 0 bridgehead atoms. The number of nitrogens with zero attached hydrogens (tertiary/aromatic N) is 4. The number of aromatic nitrogens is 2. The van der Waals surface area contributed by atoms with E-state index in [1.54, 1.807) is 0 Å². The molecule has 1 N–H and O–H groups in total. The van der Waals surface area contributed by atoms with Crippen LogP contribution in [0.25, 0.3) is 0 Å². The average Bonchev–Trinajstić information content (AvgIpc) is 2.87. The monoisotopic (exact) mass is 293 g/mol. The van der Waals surface area contributed by atoms with E-state index in [9.17, 15) is 0 Å². The number of aryl methyl sites for hydroxylation is 1. The van der Waals surface area contributed by atoms with Crippen molar-refractivity contribution in [2.24, 2.45) is 0 Å². The molecular weight excluding hydrogens is 262 g/mol. The van der Waals surface area contributed by atoms with Crippen LogP contribution in [0.3, 0.4) is 0 Å². The summed E-state index contributed by atoms with van der Waals surface area (Å²) in [6, 6.07) is 3.01. The first-order valence-corrected chi connectivity index (χ1v) is 8.31. The van der Waals surface area contributed by atoms with Crippen molar-refractivity contribution in [1.82, 2.24) is 24.9 Å². The van der Waals surface area contributed by atoms with E-state index >= 15 is 0 Å². The molecule has 5 heteroatoms. The van der Waals surface area contributed by atoms with Crippen LogP contribution < -0.4 is 5.32 Å². The Morgan fingerprint density at radius 1 is 1.33 bits per heavy atom. The van der Waals surface area contributed by atoms with Crippen molar-refractivity contribution >= 4 is 0 Å². The molecule has 2 rings (SSSR count). The molecule has 1 aromatic heterocycles. The molecular formula is C16H31N5. The molecule has 1 aliphatic rings. The van der Waals surface area contributed by atoms with Gasteiger partial charge < -0.3 is 15.1 Å². The zero-order valence-corrected chi connectivity index (χ0v) is 14.0. The van der Waals surface area contributed by atoms with E-state index in [1.807, 2.05) is 6.20 Å². The van der Waals surface area contributed by atoms with Crippen LogP contribution >= 0.6 is 0 Å². The number of likely N-dealkylation sites (N-methyl/N-ethyl adjacent to an activating group) is 2. The van der Waals surface area contributed by atoms with E-state index in [0.717, 1.165) is 26.1 Å². The first-order chi connectivity index (χ1) is 10.2. The van der Waals surface area contributed by atoms with Crippen LogP contribution in [0.2, 0.25) is 0 Å². The van der Waals surface area contributed by atoms with E-state index in [4.69, 9.17) is 0 Å². The summed E-state index contributed by atoms with van der Waals surface area (Å²) in [5.74, 6) is 0. The summed E-state index contributed by atoms with van der Waals surface area (Å²) >= 11 is 0. The summed E-state index contributed by atoms with van der Waals surface area (Å²) in [5.41, 5.74) is 1.32. The fourth-order valence-electron chi connectivity index (χ4n) is 3.27. The molecule has 1 aromatic rings. The van der Waals surface area contributed by atoms with Gasteiger partial charge in [0.05, 0.1) is 11.7 Å². The Balaban J connectivity index is 2.25. The van der Waals surface area contributed by atoms with Gasteiger partial charge in [0.25, 0.3) is 0 Å². The van der Waals surface area contributed by atoms with Crippen molar-refractivity contribution in [2.45, 2.75) is 45.3 Å². The van der Waals surface area contributed by atoms with Gasteiger partial charge in [0.1, 0.15) is 0 Å². The SMILES string of the molecule is CCCNC(c1ccnn1CC)C1CN(C)CCCN1C. The average molecular weight is 293 g/mol. The number of rotatable bonds is 6. The van der Waals surface area contributed by atoms with E-state index < -0.39 is 0 Å². The Bertz CT molecular complexity index is 417. The lowest BCUT2D eigenvalue weighted by atomic mass is 10.0. The van der Waals surface area contributed by atoms with Gasteiger partial charge >= 0.3 is 0 Å². The van der Waals surface area contributed by atoms with Crippen LogP contribution in [0, 0.1) is 0 Å². The van der Waals surface area contributed by atoms with E-state index in [1.165, 1.54) is 25.2 Å². The third kappa shape index (κ3) is 4.05. The van der Waals surface area contributed by atoms with Gasteiger partial charge in [-0.3, -0.25) is 4.68 Å². The lowest BCUT2D eigenvalue weighted by molar-refractivity contribution is 0.173. The quantitative estimate of drug-likeness (QED) is 0.864. The van der Waals surface area contributed by atoms with Crippen molar-refractivity contribution in [1.29, 1.82) is 0 Å². The smallest absolute Gasteiger partial charge is 0.0662 e. The molecule has 120 valence electrons. The summed E-state index contributed by atoms with van der Waals surface area (Å²) in [6.45, 7) is 9.83. The Morgan fingerprint density at radius 3 is 2.86 bits per heavy atom.